The molecule has 4 nitrogen and oxygen atoms in total. The Labute approximate surface area is 109 Å². The summed E-state index contributed by atoms with van der Waals surface area (Å²) in [6.45, 7) is 1.59. The fourth-order valence-electron chi connectivity index (χ4n) is 1.57. The zero-order valence-corrected chi connectivity index (χ0v) is 10.6. The molecule has 1 heterocycles. The van der Waals surface area contributed by atoms with Gasteiger partial charge in [-0.2, -0.15) is 0 Å². The number of aliphatic hydroxyl groups excluding tert-OH is 1. The number of hydrogen-bond donors (Lipinski definition) is 2. The van der Waals surface area contributed by atoms with E-state index >= 15 is 0 Å². The van der Waals surface area contributed by atoms with Gasteiger partial charge in [0.15, 0.2) is 0 Å². The van der Waals surface area contributed by atoms with Gasteiger partial charge in [0.2, 0.25) is 0 Å². The van der Waals surface area contributed by atoms with Crippen LogP contribution in [0.15, 0.2) is 29.6 Å². The number of carboxylic acid groups (broad SMARTS) is 1. The minimum atomic E-state index is -0.834. The fourth-order valence-corrected chi connectivity index (χ4v) is 2.39. The Kier molecular flexibility index (Phi) is 3.74. The first-order valence-electron chi connectivity index (χ1n) is 5.50. The Morgan fingerprint density at radius 3 is 2.56 bits per heavy atom. The lowest BCUT2D eigenvalue weighted by atomic mass is 10.0. The molecule has 2 N–H and O–H groups in total. The first-order valence-corrected chi connectivity index (χ1v) is 6.38. The minimum absolute atomic E-state index is 0.0648. The van der Waals surface area contributed by atoms with Gasteiger partial charge in [0, 0.05) is 10.9 Å². The Morgan fingerprint density at radius 2 is 2.06 bits per heavy atom. The summed E-state index contributed by atoms with van der Waals surface area (Å²) in [6.07, 6.45) is 0. The summed E-state index contributed by atoms with van der Waals surface area (Å²) >= 11 is 1.46. The zero-order chi connectivity index (χ0) is 13.1. The van der Waals surface area contributed by atoms with Crippen LogP contribution in [0.5, 0.6) is 0 Å². The molecule has 0 saturated heterocycles. The summed E-state index contributed by atoms with van der Waals surface area (Å²) in [6, 6.07) is 7.31. The molecule has 0 radical (unpaired) electrons. The Morgan fingerprint density at radius 1 is 1.39 bits per heavy atom. The molecular weight excluding hydrogens is 250 g/mol. The van der Waals surface area contributed by atoms with Gasteiger partial charge in [0.05, 0.1) is 18.2 Å². The van der Waals surface area contributed by atoms with Crippen molar-refractivity contribution in [2.24, 2.45) is 0 Å². The molecule has 1 aromatic carbocycles. The summed E-state index contributed by atoms with van der Waals surface area (Å²) < 4.78 is 0. The van der Waals surface area contributed by atoms with Crippen molar-refractivity contribution < 1.29 is 15.0 Å². The highest BCUT2D eigenvalue weighted by molar-refractivity contribution is 7.13. The molecule has 2 aromatic rings. The lowest BCUT2D eigenvalue weighted by Gasteiger charge is -2.06. The molecule has 0 saturated carbocycles. The Balaban J connectivity index is 2.24. The molecular formula is C13H13NO3S. The number of carbonyl (C=O) groups is 1. The first-order chi connectivity index (χ1) is 8.61. The second-order valence-corrected chi connectivity index (χ2v) is 4.84. The topological polar surface area (TPSA) is 70.4 Å². The number of hydrogen-bond acceptors (Lipinski definition) is 4. The van der Waals surface area contributed by atoms with E-state index in [0.29, 0.717) is 5.69 Å². The van der Waals surface area contributed by atoms with Crippen LogP contribution < -0.4 is 0 Å². The molecule has 1 atom stereocenters. The molecule has 0 amide bonds. The maximum Gasteiger partial charge on any atom is 0.310 e. The highest BCUT2D eigenvalue weighted by Crippen LogP contribution is 2.25. The van der Waals surface area contributed by atoms with Crippen LogP contribution in [0.2, 0.25) is 0 Å². The average molecular weight is 263 g/mol. The summed E-state index contributed by atoms with van der Waals surface area (Å²) in [4.78, 5) is 15.1. The molecule has 2 rings (SSSR count). The monoisotopic (exact) mass is 263 g/mol. The average Bonchev–Trinajstić information content (AvgIpc) is 2.86. The number of carboxylic acids is 1. The maximum absolute atomic E-state index is 10.9. The summed E-state index contributed by atoms with van der Waals surface area (Å²) in [5.74, 6) is -1.34. The van der Waals surface area contributed by atoms with Crippen molar-refractivity contribution in [2.45, 2.75) is 19.4 Å². The van der Waals surface area contributed by atoms with Gasteiger partial charge in [-0.3, -0.25) is 4.79 Å². The van der Waals surface area contributed by atoms with E-state index in [0.717, 1.165) is 16.1 Å². The van der Waals surface area contributed by atoms with Crippen molar-refractivity contribution in [1.29, 1.82) is 0 Å². The summed E-state index contributed by atoms with van der Waals surface area (Å²) in [5, 5.41) is 20.5. The van der Waals surface area contributed by atoms with E-state index in [1.54, 1.807) is 19.1 Å². The van der Waals surface area contributed by atoms with E-state index < -0.39 is 11.9 Å². The van der Waals surface area contributed by atoms with Crippen LogP contribution in [-0.4, -0.2) is 21.2 Å². The SMILES string of the molecule is CC(C(=O)O)c1ccc(-c2nc(CO)cs2)cc1. The number of thiazole rings is 1. The van der Waals surface area contributed by atoms with E-state index in [4.69, 9.17) is 10.2 Å². The van der Waals surface area contributed by atoms with Gasteiger partial charge in [-0.1, -0.05) is 24.3 Å². The van der Waals surface area contributed by atoms with Crippen molar-refractivity contribution >= 4 is 17.3 Å². The van der Waals surface area contributed by atoms with Crippen LogP contribution in [0.3, 0.4) is 0 Å². The lowest BCUT2D eigenvalue weighted by Crippen LogP contribution is -2.06. The molecule has 0 fully saturated rings. The Hall–Kier alpha value is -1.72. The molecule has 0 aliphatic carbocycles. The van der Waals surface area contributed by atoms with Crippen LogP contribution >= 0.6 is 11.3 Å². The normalized spacial score (nSPS) is 12.3. The molecule has 1 aromatic heterocycles. The van der Waals surface area contributed by atoms with Gasteiger partial charge in [0.25, 0.3) is 0 Å². The van der Waals surface area contributed by atoms with Gasteiger partial charge < -0.3 is 10.2 Å². The Bertz CT molecular complexity index is 548. The van der Waals surface area contributed by atoms with Crippen LogP contribution in [0.1, 0.15) is 24.1 Å². The highest BCUT2D eigenvalue weighted by atomic mass is 32.1. The minimum Gasteiger partial charge on any atom is -0.481 e. The van der Waals surface area contributed by atoms with Gasteiger partial charge in [0.1, 0.15) is 5.01 Å². The van der Waals surface area contributed by atoms with Gasteiger partial charge in [-0.15, -0.1) is 11.3 Å². The van der Waals surface area contributed by atoms with Crippen molar-refractivity contribution in [3.05, 3.63) is 40.9 Å². The molecule has 1 unspecified atom stereocenters. The third-order valence-corrected chi connectivity index (χ3v) is 3.68. The molecule has 0 bridgehead atoms. The molecule has 94 valence electrons. The van der Waals surface area contributed by atoms with E-state index in [2.05, 4.69) is 4.98 Å². The van der Waals surface area contributed by atoms with E-state index in [1.807, 2.05) is 17.5 Å². The van der Waals surface area contributed by atoms with Crippen molar-refractivity contribution in [3.8, 4) is 10.6 Å². The quantitative estimate of drug-likeness (QED) is 0.889. The zero-order valence-electron chi connectivity index (χ0n) is 9.83. The van der Waals surface area contributed by atoms with Crippen molar-refractivity contribution in [3.63, 3.8) is 0 Å². The number of rotatable bonds is 4. The smallest absolute Gasteiger partial charge is 0.310 e. The maximum atomic E-state index is 10.9. The van der Waals surface area contributed by atoms with E-state index in [-0.39, 0.29) is 6.61 Å². The third-order valence-electron chi connectivity index (χ3n) is 2.74. The number of aliphatic carboxylic acids is 1. The molecule has 0 spiro atoms. The van der Waals surface area contributed by atoms with Crippen molar-refractivity contribution in [2.75, 3.05) is 0 Å². The van der Waals surface area contributed by atoms with Gasteiger partial charge in [-0.25, -0.2) is 4.98 Å². The molecule has 5 heteroatoms. The van der Waals surface area contributed by atoms with Crippen LogP contribution in [-0.2, 0) is 11.4 Å². The second-order valence-electron chi connectivity index (χ2n) is 3.98. The lowest BCUT2D eigenvalue weighted by molar-refractivity contribution is -0.138. The van der Waals surface area contributed by atoms with Crippen molar-refractivity contribution in [1.82, 2.24) is 4.98 Å². The predicted molar refractivity (Wildman–Crippen MR) is 69.5 cm³/mol. The standard InChI is InChI=1S/C13H13NO3S/c1-8(13(16)17)9-2-4-10(5-3-9)12-14-11(6-15)7-18-12/h2-5,7-8,15H,6H2,1H3,(H,16,17). The fraction of sp³-hybridized carbons (Fsp3) is 0.231. The van der Waals surface area contributed by atoms with E-state index in [1.165, 1.54) is 11.3 Å². The number of aromatic nitrogens is 1. The summed E-state index contributed by atoms with van der Waals surface area (Å²) in [7, 11) is 0. The highest BCUT2D eigenvalue weighted by Gasteiger charge is 2.13. The second kappa shape index (κ2) is 5.29. The van der Waals surface area contributed by atoms with E-state index in [9.17, 15) is 4.79 Å². The first kappa shape index (κ1) is 12.7. The van der Waals surface area contributed by atoms with Crippen LogP contribution in [0.4, 0.5) is 0 Å². The van der Waals surface area contributed by atoms with Gasteiger partial charge >= 0.3 is 5.97 Å². The molecule has 18 heavy (non-hydrogen) atoms. The number of nitrogens with zero attached hydrogens (tertiary/aromatic N) is 1. The number of aliphatic hydroxyl groups is 1. The predicted octanol–water partition coefficient (Wildman–Crippen LogP) is 2.49. The van der Waals surface area contributed by atoms with Crippen LogP contribution in [0.25, 0.3) is 10.6 Å². The van der Waals surface area contributed by atoms with Crippen LogP contribution in [0, 0.1) is 0 Å². The van der Waals surface area contributed by atoms with Gasteiger partial charge in [-0.05, 0) is 12.5 Å². The number of benzene rings is 1. The third kappa shape index (κ3) is 2.57. The molecule has 0 aliphatic rings. The largest absolute Gasteiger partial charge is 0.481 e. The molecule has 0 aliphatic heterocycles. The summed E-state index contributed by atoms with van der Waals surface area (Å²) in [5.41, 5.74) is 2.35.